The van der Waals surface area contributed by atoms with Gasteiger partial charge in [-0.15, -0.1) is 0 Å². The Hall–Kier alpha value is -0.920. The van der Waals surface area contributed by atoms with Gasteiger partial charge in [-0.1, -0.05) is 22.0 Å². The number of nitrogens with one attached hydrogen (secondary N) is 1. The first-order chi connectivity index (χ1) is 7.54. The van der Waals surface area contributed by atoms with Gasteiger partial charge in [-0.2, -0.15) is 5.26 Å². The van der Waals surface area contributed by atoms with Crippen LogP contribution in [-0.2, 0) is 0 Å². The molecule has 2 atom stereocenters. The minimum absolute atomic E-state index is 0.0262. The van der Waals surface area contributed by atoms with Crippen LogP contribution in [0, 0.1) is 23.1 Å². The lowest BCUT2D eigenvalue weighted by Crippen LogP contribution is -2.24. The van der Waals surface area contributed by atoms with E-state index in [9.17, 15) is 4.39 Å². The fourth-order valence-electron chi connectivity index (χ4n) is 1.36. The third-order valence-corrected chi connectivity index (χ3v) is 3.07. The van der Waals surface area contributed by atoms with E-state index in [0.29, 0.717) is 6.54 Å². The molecular formula is C12H14BrFN2. The third-order valence-electron chi connectivity index (χ3n) is 2.38. The molecule has 2 unspecified atom stereocenters. The quantitative estimate of drug-likeness (QED) is 0.920. The first kappa shape index (κ1) is 13.1. The van der Waals surface area contributed by atoms with Gasteiger partial charge in [0.05, 0.1) is 12.0 Å². The smallest absolute Gasteiger partial charge is 0.124 e. The molecule has 1 aromatic rings. The molecule has 1 rings (SSSR count). The van der Waals surface area contributed by atoms with Gasteiger partial charge in [0.15, 0.2) is 0 Å². The highest BCUT2D eigenvalue weighted by molar-refractivity contribution is 9.10. The molecule has 0 aliphatic rings. The van der Waals surface area contributed by atoms with Crippen molar-refractivity contribution in [1.82, 2.24) is 5.32 Å². The summed E-state index contributed by atoms with van der Waals surface area (Å²) >= 11 is 3.33. The maximum atomic E-state index is 12.9. The molecule has 4 heteroatoms. The predicted molar refractivity (Wildman–Crippen MR) is 65.3 cm³/mol. The molecule has 0 bridgehead atoms. The van der Waals surface area contributed by atoms with Crippen LogP contribution >= 0.6 is 15.9 Å². The molecule has 0 spiro atoms. The van der Waals surface area contributed by atoms with Crippen molar-refractivity contribution in [3.63, 3.8) is 0 Å². The first-order valence-corrected chi connectivity index (χ1v) is 5.92. The third kappa shape index (κ3) is 3.58. The Morgan fingerprint density at radius 3 is 2.75 bits per heavy atom. The van der Waals surface area contributed by atoms with Crippen molar-refractivity contribution in [1.29, 1.82) is 5.26 Å². The van der Waals surface area contributed by atoms with E-state index in [1.807, 2.05) is 13.8 Å². The fraction of sp³-hybridized carbons (Fsp3) is 0.417. The van der Waals surface area contributed by atoms with Crippen LogP contribution in [0.2, 0.25) is 0 Å². The van der Waals surface area contributed by atoms with Gasteiger partial charge in [-0.3, -0.25) is 0 Å². The largest absolute Gasteiger partial charge is 0.309 e. The molecule has 0 heterocycles. The average Bonchev–Trinajstić information content (AvgIpc) is 2.25. The number of hydrogen-bond donors (Lipinski definition) is 1. The molecule has 1 aromatic carbocycles. The van der Waals surface area contributed by atoms with E-state index in [-0.39, 0.29) is 17.8 Å². The van der Waals surface area contributed by atoms with Gasteiger partial charge in [-0.05, 0) is 31.5 Å². The summed E-state index contributed by atoms with van der Waals surface area (Å²) < 4.78 is 13.6. The average molecular weight is 285 g/mol. The van der Waals surface area contributed by atoms with E-state index in [2.05, 4.69) is 27.3 Å². The van der Waals surface area contributed by atoms with Crippen molar-refractivity contribution in [3.05, 3.63) is 34.1 Å². The lowest BCUT2D eigenvalue weighted by molar-refractivity contribution is 0.525. The van der Waals surface area contributed by atoms with E-state index in [1.54, 1.807) is 6.07 Å². The SMILES string of the molecule is CC(C#N)CNC(C)c1ccc(F)cc1Br. The molecule has 0 fully saturated rings. The number of hydrogen-bond acceptors (Lipinski definition) is 2. The molecular weight excluding hydrogens is 271 g/mol. The van der Waals surface area contributed by atoms with Crippen LogP contribution in [0.3, 0.4) is 0 Å². The molecule has 16 heavy (non-hydrogen) atoms. The summed E-state index contributed by atoms with van der Waals surface area (Å²) in [5.41, 5.74) is 0.992. The van der Waals surface area contributed by atoms with Crippen LogP contribution in [0.5, 0.6) is 0 Å². The van der Waals surface area contributed by atoms with Gasteiger partial charge in [0.2, 0.25) is 0 Å². The molecule has 0 aliphatic heterocycles. The Bertz CT molecular complexity index is 400. The van der Waals surface area contributed by atoms with Crippen molar-refractivity contribution >= 4 is 15.9 Å². The van der Waals surface area contributed by atoms with E-state index in [1.165, 1.54) is 12.1 Å². The lowest BCUT2D eigenvalue weighted by atomic mass is 10.1. The standard InChI is InChI=1S/C12H14BrFN2/c1-8(6-15)7-16-9(2)11-4-3-10(14)5-12(11)13/h3-5,8-9,16H,7H2,1-2H3. The second-order valence-corrected chi connectivity index (χ2v) is 4.68. The molecule has 0 saturated carbocycles. The van der Waals surface area contributed by atoms with Crippen LogP contribution in [0.25, 0.3) is 0 Å². The second kappa shape index (κ2) is 5.97. The minimum Gasteiger partial charge on any atom is -0.309 e. The molecule has 0 aromatic heterocycles. The van der Waals surface area contributed by atoms with Gasteiger partial charge in [0, 0.05) is 17.1 Å². The summed E-state index contributed by atoms with van der Waals surface area (Å²) in [5, 5.41) is 11.9. The molecule has 0 radical (unpaired) electrons. The Labute approximate surface area is 104 Å². The van der Waals surface area contributed by atoms with Crippen molar-refractivity contribution in [2.45, 2.75) is 19.9 Å². The van der Waals surface area contributed by atoms with Crippen LogP contribution in [0.4, 0.5) is 4.39 Å². The maximum Gasteiger partial charge on any atom is 0.124 e. The highest BCUT2D eigenvalue weighted by Gasteiger charge is 2.10. The number of benzene rings is 1. The van der Waals surface area contributed by atoms with Gasteiger partial charge >= 0.3 is 0 Å². The summed E-state index contributed by atoms with van der Waals surface area (Å²) in [7, 11) is 0. The Balaban J connectivity index is 2.66. The first-order valence-electron chi connectivity index (χ1n) is 5.12. The number of nitrogens with zero attached hydrogens (tertiary/aromatic N) is 1. The van der Waals surface area contributed by atoms with Crippen LogP contribution in [0.1, 0.15) is 25.5 Å². The van der Waals surface area contributed by atoms with E-state index in [0.717, 1.165) is 10.0 Å². The van der Waals surface area contributed by atoms with Gasteiger partial charge in [-0.25, -0.2) is 4.39 Å². The van der Waals surface area contributed by atoms with Crippen LogP contribution in [0.15, 0.2) is 22.7 Å². The maximum absolute atomic E-state index is 12.9. The van der Waals surface area contributed by atoms with Crippen molar-refractivity contribution in [3.8, 4) is 6.07 Å². The van der Waals surface area contributed by atoms with E-state index in [4.69, 9.17) is 5.26 Å². The second-order valence-electron chi connectivity index (χ2n) is 3.83. The Kier molecular flexibility index (Phi) is 4.91. The summed E-state index contributed by atoms with van der Waals surface area (Å²) in [6, 6.07) is 6.88. The monoisotopic (exact) mass is 284 g/mol. The normalized spacial score (nSPS) is 14.2. The summed E-state index contributed by atoms with van der Waals surface area (Å²) in [5.74, 6) is -0.283. The topological polar surface area (TPSA) is 35.8 Å². The molecule has 0 saturated heterocycles. The molecule has 86 valence electrons. The zero-order chi connectivity index (χ0) is 12.1. The zero-order valence-electron chi connectivity index (χ0n) is 9.30. The highest BCUT2D eigenvalue weighted by Crippen LogP contribution is 2.24. The molecule has 0 aliphatic carbocycles. The lowest BCUT2D eigenvalue weighted by Gasteiger charge is -2.16. The van der Waals surface area contributed by atoms with Crippen LogP contribution < -0.4 is 5.32 Å². The highest BCUT2D eigenvalue weighted by atomic mass is 79.9. The zero-order valence-corrected chi connectivity index (χ0v) is 10.9. The summed E-state index contributed by atoms with van der Waals surface area (Å²) in [4.78, 5) is 0. The van der Waals surface area contributed by atoms with Gasteiger partial charge in [0.1, 0.15) is 5.82 Å². The van der Waals surface area contributed by atoms with E-state index >= 15 is 0 Å². The number of halogens is 2. The number of rotatable bonds is 4. The molecule has 0 amide bonds. The van der Waals surface area contributed by atoms with Gasteiger partial charge in [0.25, 0.3) is 0 Å². The van der Waals surface area contributed by atoms with Crippen molar-refractivity contribution < 1.29 is 4.39 Å². The van der Waals surface area contributed by atoms with Gasteiger partial charge < -0.3 is 5.32 Å². The van der Waals surface area contributed by atoms with Crippen molar-refractivity contribution in [2.24, 2.45) is 5.92 Å². The summed E-state index contributed by atoms with van der Waals surface area (Å²) in [6.07, 6.45) is 0. The molecule has 1 N–H and O–H groups in total. The van der Waals surface area contributed by atoms with Crippen molar-refractivity contribution in [2.75, 3.05) is 6.54 Å². The Morgan fingerprint density at radius 2 is 2.19 bits per heavy atom. The minimum atomic E-state index is -0.256. The summed E-state index contributed by atoms with van der Waals surface area (Å²) in [6.45, 7) is 4.48. The predicted octanol–water partition coefficient (Wildman–Crippen LogP) is 3.40. The number of nitriles is 1. The van der Waals surface area contributed by atoms with Crippen LogP contribution in [-0.4, -0.2) is 6.54 Å². The Morgan fingerprint density at radius 1 is 1.50 bits per heavy atom. The fourth-order valence-corrected chi connectivity index (χ4v) is 2.06. The van der Waals surface area contributed by atoms with E-state index < -0.39 is 0 Å². The molecule has 2 nitrogen and oxygen atoms in total.